The van der Waals surface area contributed by atoms with E-state index in [9.17, 15) is 18.8 Å². The number of carbonyl (C=O) groups is 3. The number of halogens is 1. The van der Waals surface area contributed by atoms with Crippen molar-refractivity contribution in [3.63, 3.8) is 0 Å². The number of hydrogen-bond donors (Lipinski definition) is 2. The fraction of sp³-hybridized carbons (Fsp3) is 0.296. The molecule has 0 spiro atoms. The van der Waals surface area contributed by atoms with E-state index in [0.29, 0.717) is 5.56 Å². The topological polar surface area (TPSA) is 91.7 Å². The Morgan fingerprint density at radius 3 is 2.43 bits per heavy atom. The normalized spacial score (nSPS) is 14.7. The Balaban J connectivity index is 1.66. The van der Waals surface area contributed by atoms with Crippen LogP contribution in [0.2, 0.25) is 0 Å². The first-order chi connectivity index (χ1) is 17.0. The number of amides is 3. The third kappa shape index (κ3) is 6.15. The molecule has 7 nitrogen and oxygen atoms in total. The molecule has 0 unspecified atom stereocenters. The predicted molar refractivity (Wildman–Crippen MR) is 129 cm³/mol. The molecule has 2 aromatic carbocycles. The summed E-state index contributed by atoms with van der Waals surface area (Å²) >= 11 is 0. The van der Waals surface area contributed by atoms with Crippen LogP contribution >= 0.6 is 0 Å². The molecule has 0 aliphatic heterocycles. The molecule has 3 amide bonds. The van der Waals surface area contributed by atoms with Crippen molar-refractivity contribution in [3.05, 3.63) is 90.1 Å². The third-order valence-corrected chi connectivity index (χ3v) is 6.07. The highest BCUT2D eigenvalue weighted by Crippen LogP contribution is 2.29. The summed E-state index contributed by atoms with van der Waals surface area (Å²) in [4.78, 5) is 40.8. The number of anilines is 1. The average Bonchev–Trinajstić information content (AvgIpc) is 3.42. The highest BCUT2D eigenvalue weighted by Gasteiger charge is 2.34. The minimum atomic E-state index is -1.05. The van der Waals surface area contributed by atoms with Crippen LogP contribution in [-0.2, 0) is 9.59 Å². The molecule has 35 heavy (non-hydrogen) atoms. The smallest absolute Gasteiger partial charge is 0.287 e. The van der Waals surface area contributed by atoms with Gasteiger partial charge in [-0.3, -0.25) is 19.3 Å². The van der Waals surface area contributed by atoms with Crippen LogP contribution in [-0.4, -0.2) is 30.3 Å². The number of furan rings is 1. The van der Waals surface area contributed by atoms with Crippen molar-refractivity contribution in [3.8, 4) is 0 Å². The summed E-state index contributed by atoms with van der Waals surface area (Å²) in [5.41, 5.74) is 0.797. The molecule has 0 bridgehead atoms. The maximum Gasteiger partial charge on any atom is 0.287 e. The zero-order chi connectivity index (χ0) is 24.6. The molecular weight excluding hydrogens is 449 g/mol. The molecule has 182 valence electrons. The van der Waals surface area contributed by atoms with Crippen molar-refractivity contribution in [2.24, 2.45) is 0 Å². The fourth-order valence-corrected chi connectivity index (χ4v) is 4.38. The first-order valence-corrected chi connectivity index (χ1v) is 11.8. The van der Waals surface area contributed by atoms with Crippen molar-refractivity contribution in [2.75, 3.05) is 11.4 Å². The molecule has 1 saturated carbocycles. The van der Waals surface area contributed by atoms with Gasteiger partial charge in [-0.15, -0.1) is 0 Å². The lowest BCUT2D eigenvalue weighted by Gasteiger charge is -2.33. The van der Waals surface area contributed by atoms with E-state index in [-0.39, 0.29) is 23.4 Å². The molecule has 1 aromatic heterocycles. The predicted octanol–water partition coefficient (Wildman–Crippen LogP) is 4.37. The van der Waals surface area contributed by atoms with Crippen molar-refractivity contribution in [1.82, 2.24) is 10.6 Å². The number of carbonyl (C=O) groups excluding carboxylic acids is 3. The number of nitrogens with one attached hydrogen (secondary N) is 2. The molecule has 1 atom stereocenters. The number of hydrogen-bond acceptors (Lipinski definition) is 4. The largest absolute Gasteiger partial charge is 0.459 e. The number of rotatable bonds is 8. The van der Waals surface area contributed by atoms with E-state index in [1.807, 2.05) is 6.07 Å². The molecule has 1 fully saturated rings. The summed E-state index contributed by atoms with van der Waals surface area (Å²) in [6.45, 7) is -0.407. The van der Waals surface area contributed by atoms with E-state index in [1.165, 1.54) is 35.4 Å². The average molecular weight is 478 g/mol. The monoisotopic (exact) mass is 477 g/mol. The Kier molecular flexibility index (Phi) is 7.92. The minimum Gasteiger partial charge on any atom is -0.459 e. The maximum atomic E-state index is 14.2. The lowest BCUT2D eigenvalue weighted by molar-refractivity contribution is -0.127. The first-order valence-electron chi connectivity index (χ1n) is 11.8. The second-order valence-corrected chi connectivity index (χ2v) is 8.56. The Bertz CT molecular complexity index is 1140. The van der Waals surface area contributed by atoms with Gasteiger partial charge in [0.05, 0.1) is 12.8 Å². The van der Waals surface area contributed by atoms with Gasteiger partial charge in [-0.2, -0.15) is 0 Å². The summed E-state index contributed by atoms with van der Waals surface area (Å²) in [6.07, 6.45) is 6.31. The Hall–Kier alpha value is -3.94. The Morgan fingerprint density at radius 1 is 0.971 bits per heavy atom. The lowest BCUT2D eigenvalue weighted by Crippen LogP contribution is -2.49. The van der Waals surface area contributed by atoms with Crippen LogP contribution in [0.25, 0.3) is 0 Å². The zero-order valence-electron chi connectivity index (χ0n) is 19.3. The van der Waals surface area contributed by atoms with Gasteiger partial charge in [-0.05, 0) is 48.7 Å². The SMILES string of the molecule is O=C(NCC(=O)N(c1cccc(F)c1)[C@H](C(=O)NC1CCCCC1)c1ccccc1)c1ccco1. The van der Waals surface area contributed by atoms with Crippen LogP contribution in [0.4, 0.5) is 10.1 Å². The summed E-state index contributed by atoms with van der Waals surface area (Å²) in [5, 5.41) is 5.62. The van der Waals surface area contributed by atoms with Crippen LogP contribution in [0.5, 0.6) is 0 Å². The van der Waals surface area contributed by atoms with Gasteiger partial charge in [-0.1, -0.05) is 55.7 Å². The van der Waals surface area contributed by atoms with E-state index in [0.717, 1.165) is 32.1 Å². The van der Waals surface area contributed by atoms with Gasteiger partial charge in [0.1, 0.15) is 11.9 Å². The van der Waals surface area contributed by atoms with Crippen molar-refractivity contribution in [1.29, 1.82) is 0 Å². The van der Waals surface area contributed by atoms with Crippen molar-refractivity contribution < 1.29 is 23.2 Å². The van der Waals surface area contributed by atoms with Crippen LogP contribution in [0.3, 0.4) is 0 Å². The third-order valence-electron chi connectivity index (χ3n) is 6.07. The number of benzene rings is 2. The second-order valence-electron chi connectivity index (χ2n) is 8.56. The molecule has 0 saturated heterocycles. The molecular formula is C27H28FN3O4. The minimum absolute atomic E-state index is 0.0191. The Morgan fingerprint density at radius 2 is 1.74 bits per heavy atom. The van der Waals surface area contributed by atoms with Gasteiger partial charge >= 0.3 is 0 Å². The summed E-state index contributed by atoms with van der Waals surface area (Å²) in [6, 6.07) is 16.4. The second kappa shape index (κ2) is 11.5. The zero-order valence-corrected chi connectivity index (χ0v) is 19.3. The van der Waals surface area contributed by atoms with Gasteiger partial charge in [-0.25, -0.2) is 4.39 Å². The van der Waals surface area contributed by atoms with Crippen LogP contribution in [0.15, 0.2) is 77.4 Å². The molecule has 0 radical (unpaired) electrons. The standard InChI is InChI=1S/C27H28FN3O4/c28-20-11-7-14-22(17-20)31(24(32)18-29-26(33)23-15-8-16-35-23)25(19-9-3-1-4-10-19)27(34)30-21-12-5-2-6-13-21/h1,3-4,7-11,14-17,21,25H,2,5-6,12-13,18H2,(H,29,33)(H,30,34)/t25-/m0/s1. The first kappa shape index (κ1) is 24.2. The maximum absolute atomic E-state index is 14.2. The fourth-order valence-electron chi connectivity index (χ4n) is 4.38. The molecule has 1 aliphatic rings. The Labute approximate surface area is 203 Å². The molecule has 2 N–H and O–H groups in total. The molecule has 4 rings (SSSR count). The molecule has 3 aromatic rings. The highest BCUT2D eigenvalue weighted by molar-refractivity contribution is 6.04. The lowest BCUT2D eigenvalue weighted by atomic mass is 9.94. The van der Waals surface area contributed by atoms with E-state index in [4.69, 9.17) is 4.42 Å². The molecule has 1 aliphatic carbocycles. The number of nitrogens with zero attached hydrogens (tertiary/aromatic N) is 1. The summed E-state index contributed by atoms with van der Waals surface area (Å²) in [7, 11) is 0. The summed E-state index contributed by atoms with van der Waals surface area (Å²) < 4.78 is 19.3. The van der Waals surface area contributed by atoms with Crippen LogP contribution in [0, 0.1) is 5.82 Å². The van der Waals surface area contributed by atoms with Gasteiger partial charge in [0.2, 0.25) is 11.8 Å². The summed E-state index contributed by atoms with van der Waals surface area (Å²) in [5.74, 6) is -1.96. The van der Waals surface area contributed by atoms with Gasteiger partial charge < -0.3 is 15.1 Å². The van der Waals surface area contributed by atoms with Crippen molar-refractivity contribution in [2.45, 2.75) is 44.2 Å². The van der Waals surface area contributed by atoms with Crippen LogP contribution < -0.4 is 15.5 Å². The van der Waals surface area contributed by atoms with Crippen molar-refractivity contribution >= 4 is 23.4 Å². The van der Waals surface area contributed by atoms with E-state index in [1.54, 1.807) is 36.4 Å². The van der Waals surface area contributed by atoms with Gasteiger partial charge in [0, 0.05) is 11.7 Å². The van der Waals surface area contributed by atoms with E-state index in [2.05, 4.69) is 10.6 Å². The van der Waals surface area contributed by atoms with E-state index >= 15 is 0 Å². The van der Waals surface area contributed by atoms with Gasteiger partial charge in [0.25, 0.3) is 5.91 Å². The van der Waals surface area contributed by atoms with Gasteiger partial charge in [0.15, 0.2) is 5.76 Å². The molecule has 1 heterocycles. The quantitative estimate of drug-likeness (QED) is 0.504. The molecule has 8 heteroatoms. The van der Waals surface area contributed by atoms with E-state index < -0.39 is 30.2 Å². The highest BCUT2D eigenvalue weighted by atomic mass is 19.1. The van der Waals surface area contributed by atoms with Crippen LogP contribution in [0.1, 0.15) is 54.3 Å².